The second-order valence-electron chi connectivity index (χ2n) is 5.17. The number of methoxy groups -OCH3 is 1. The summed E-state index contributed by atoms with van der Waals surface area (Å²) in [4.78, 5) is 0. The van der Waals surface area contributed by atoms with Gasteiger partial charge in [0.1, 0.15) is 11.6 Å². The lowest BCUT2D eigenvalue weighted by molar-refractivity contribution is 0.415. The van der Waals surface area contributed by atoms with Gasteiger partial charge in [0.25, 0.3) is 0 Å². The minimum absolute atomic E-state index is 0.0196. The molecule has 2 nitrogen and oxygen atoms in total. The van der Waals surface area contributed by atoms with Crippen LogP contribution in [0.4, 0.5) is 10.1 Å². The predicted molar refractivity (Wildman–Crippen MR) is 88.6 cm³/mol. The van der Waals surface area contributed by atoms with Crippen molar-refractivity contribution in [1.82, 2.24) is 0 Å². The average molecular weight is 352 g/mol. The molecule has 2 aromatic rings. The number of aryl methyl sites for hydroxylation is 2. The first-order chi connectivity index (χ1) is 9.92. The molecule has 0 heterocycles. The van der Waals surface area contributed by atoms with E-state index in [-0.39, 0.29) is 11.9 Å². The van der Waals surface area contributed by atoms with Gasteiger partial charge < -0.3 is 10.1 Å². The summed E-state index contributed by atoms with van der Waals surface area (Å²) >= 11 is 3.46. The first kappa shape index (κ1) is 15.8. The Hall–Kier alpha value is -1.55. The molecule has 0 bridgehead atoms. The van der Waals surface area contributed by atoms with Crippen LogP contribution in [0.25, 0.3) is 0 Å². The number of benzene rings is 2. The molecule has 0 radical (unpaired) electrons. The summed E-state index contributed by atoms with van der Waals surface area (Å²) in [6.07, 6.45) is 0. The standard InChI is InChI=1S/C17H19BrFNO/c1-10-5-6-13(8-15(10)19)12(3)20-17-11(2)7-14(18)9-16(17)21-4/h5-9,12,20H,1-4H3. The SMILES string of the molecule is COc1cc(Br)cc(C)c1NC(C)c1ccc(C)c(F)c1. The predicted octanol–water partition coefficient (Wildman–Crippen LogP) is 5.39. The Bertz CT molecular complexity index is 657. The highest BCUT2D eigenvalue weighted by Gasteiger charge is 2.13. The van der Waals surface area contributed by atoms with Gasteiger partial charge in [-0.1, -0.05) is 28.1 Å². The third-order valence-corrected chi connectivity index (χ3v) is 4.00. The normalized spacial score (nSPS) is 12.1. The Morgan fingerprint density at radius 2 is 1.86 bits per heavy atom. The van der Waals surface area contributed by atoms with Gasteiger partial charge in [-0.2, -0.15) is 0 Å². The van der Waals surface area contributed by atoms with Crippen LogP contribution >= 0.6 is 15.9 Å². The highest BCUT2D eigenvalue weighted by molar-refractivity contribution is 9.10. The Morgan fingerprint density at radius 3 is 2.48 bits per heavy atom. The molecule has 1 unspecified atom stereocenters. The Kier molecular flexibility index (Phi) is 4.88. The monoisotopic (exact) mass is 351 g/mol. The highest BCUT2D eigenvalue weighted by Crippen LogP contribution is 2.34. The van der Waals surface area contributed by atoms with Crippen LogP contribution < -0.4 is 10.1 Å². The molecule has 0 fully saturated rings. The van der Waals surface area contributed by atoms with Gasteiger partial charge in [0.15, 0.2) is 0 Å². The number of anilines is 1. The van der Waals surface area contributed by atoms with Crippen LogP contribution in [0.15, 0.2) is 34.8 Å². The third-order valence-electron chi connectivity index (χ3n) is 3.54. The Labute approximate surface area is 133 Å². The van der Waals surface area contributed by atoms with E-state index in [2.05, 4.69) is 21.2 Å². The number of halogens is 2. The molecule has 112 valence electrons. The minimum Gasteiger partial charge on any atom is -0.495 e. The van der Waals surface area contributed by atoms with Crippen molar-refractivity contribution in [3.05, 3.63) is 57.3 Å². The van der Waals surface area contributed by atoms with Crippen molar-refractivity contribution in [2.45, 2.75) is 26.8 Å². The van der Waals surface area contributed by atoms with Crippen molar-refractivity contribution in [1.29, 1.82) is 0 Å². The molecule has 0 aliphatic rings. The molecule has 0 saturated carbocycles. The van der Waals surface area contributed by atoms with E-state index in [1.807, 2.05) is 32.0 Å². The van der Waals surface area contributed by atoms with Crippen molar-refractivity contribution in [3.8, 4) is 5.75 Å². The van der Waals surface area contributed by atoms with Gasteiger partial charge in [0.2, 0.25) is 0 Å². The lowest BCUT2D eigenvalue weighted by atomic mass is 10.0. The van der Waals surface area contributed by atoms with Crippen LogP contribution in [0.3, 0.4) is 0 Å². The zero-order valence-electron chi connectivity index (χ0n) is 12.6. The summed E-state index contributed by atoms with van der Waals surface area (Å²) in [5.41, 5.74) is 3.56. The van der Waals surface area contributed by atoms with E-state index in [1.54, 1.807) is 26.2 Å². The largest absolute Gasteiger partial charge is 0.495 e. The van der Waals surface area contributed by atoms with Crippen LogP contribution in [0.5, 0.6) is 5.75 Å². The molecule has 0 aliphatic heterocycles. The van der Waals surface area contributed by atoms with E-state index in [1.165, 1.54) is 0 Å². The third kappa shape index (κ3) is 3.56. The Balaban J connectivity index is 2.31. The molecule has 1 N–H and O–H groups in total. The van der Waals surface area contributed by atoms with Crippen molar-refractivity contribution >= 4 is 21.6 Å². The van der Waals surface area contributed by atoms with Crippen molar-refractivity contribution in [3.63, 3.8) is 0 Å². The summed E-state index contributed by atoms with van der Waals surface area (Å²) in [6, 6.07) is 9.23. The topological polar surface area (TPSA) is 21.3 Å². The molecule has 0 amide bonds. The molecular formula is C17H19BrFNO. The van der Waals surface area contributed by atoms with E-state index >= 15 is 0 Å². The summed E-state index contributed by atoms with van der Waals surface area (Å²) in [5.74, 6) is 0.585. The fourth-order valence-corrected chi connectivity index (χ4v) is 2.79. The molecule has 2 rings (SSSR count). The second kappa shape index (κ2) is 6.48. The van der Waals surface area contributed by atoms with Gasteiger partial charge in [-0.15, -0.1) is 0 Å². The van der Waals surface area contributed by atoms with E-state index in [0.717, 1.165) is 27.0 Å². The molecule has 0 aliphatic carbocycles. The molecular weight excluding hydrogens is 333 g/mol. The van der Waals surface area contributed by atoms with Gasteiger partial charge in [-0.3, -0.25) is 0 Å². The lowest BCUT2D eigenvalue weighted by Crippen LogP contribution is -2.09. The van der Waals surface area contributed by atoms with Crippen molar-refractivity contribution < 1.29 is 9.13 Å². The lowest BCUT2D eigenvalue weighted by Gasteiger charge is -2.20. The number of ether oxygens (including phenoxy) is 1. The maximum absolute atomic E-state index is 13.7. The smallest absolute Gasteiger partial charge is 0.143 e. The van der Waals surface area contributed by atoms with Crippen molar-refractivity contribution in [2.75, 3.05) is 12.4 Å². The molecule has 0 spiro atoms. The first-order valence-corrected chi connectivity index (χ1v) is 7.58. The summed E-state index contributed by atoms with van der Waals surface area (Å²) < 4.78 is 20.1. The molecule has 2 aromatic carbocycles. The molecule has 4 heteroatoms. The van der Waals surface area contributed by atoms with Crippen LogP contribution in [-0.4, -0.2) is 7.11 Å². The van der Waals surface area contributed by atoms with Crippen LogP contribution in [0.2, 0.25) is 0 Å². The maximum Gasteiger partial charge on any atom is 0.143 e. The number of nitrogens with one attached hydrogen (secondary N) is 1. The second-order valence-corrected chi connectivity index (χ2v) is 6.09. The van der Waals surface area contributed by atoms with E-state index < -0.39 is 0 Å². The van der Waals surface area contributed by atoms with Gasteiger partial charge in [-0.05, 0) is 55.7 Å². The summed E-state index contributed by atoms with van der Waals surface area (Å²) in [5, 5.41) is 3.41. The first-order valence-electron chi connectivity index (χ1n) is 6.79. The maximum atomic E-state index is 13.7. The van der Waals surface area contributed by atoms with Gasteiger partial charge in [0, 0.05) is 10.5 Å². The van der Waals surface area contributed by atoms with Gasteiger partial charge >= 0.3 is 0 Å². The fourth-order valence-electron chi connectivity index (χ4n) is 2.24. The van der Waals surface area contributed by atoms with Gasteiger partial charge in [-0.25, -0.2) is 4.39 Å². The van der Waals surface area contributed by atoms with Crippen molar-refractivity contribution in [2.24, 2.45) is 0 Å². The number of hydrogen-bond donors (Lipinski definition) is 1. The molecule has 0 aromatic heterocycles. The quantitative estimate of drug-likeness (QED) is 0.797. The highest BCUT2D eigenvalue weighted by atomic mass is 79.9. The van der Waals surface area contributed by atoms with E-state index in [9.17, 15) is 4.39 Å². The van der Waals surface area contributed by atoms with Crippen LogP contribution in [0.1, 0.15) is 29.7 Å². The average Bonchev–Trinajstić information content (AvgIpc) is 2.44. The number of rotatable bonds is 4. The zero-order chi connectivity index (χ0) is 15.6. The summed E-state index contributed by atoms with van der Waals surface area (Å²) in [7, 11) is 1.64. The van der Waals surface area contributed by atoms with Crippen LogP contribution in [0, 0.1) is 19.7 Å². The molecule has 1 atom stereocenters. The zero-order valence-corrected chi connectivity index (χ0v) is 14.2. The van der Waals surface area contributed by atoms with Crippen LogP contribution in [-0.2, 0) is 0 Å². The molecule has 0 saturated heterocycles. The minimum atomic E-state index is -0.180. The number of hydrogen-bond acceptors (Lipinski definition) is 2. The fraction of sp³-hybridized carbons (Fsp3) is 0.294. The van der Waals surface area contributed by atoms with E-state index in [0.29, 0.717) is 5.56 Å². The van der Waals surface area contributed by atoms with Gasteiger partial charge in [0.05, 0.1) is 12.8 Å². The molecule has 21 heavy (non-hydrogen) atoms. The van der Waals surface area contributed by atoms with E-state index in [4.69, 9.17) is 4.74 Å². The Morgan fingerprint density at radius 1 is 1.14 bits per heavy atom. The summed E-state index contributed by atoms with van der Waals surface area (Å²) in [6.45, 7) is 5.78.